The molecule has 31 heavy (non-hydrogen) atoms. The molecule has 4 nitrogen and oxygen atoms in total. The van der Waals surface area contributed by atoms with Gasteiger partial charge in [-0.05, 0) is 60.0 Å². The number of amides is 1. The molecule has 0 radical (unpaired) electrons. The average Bonchev–Trinajstić information content (AvgIpc) is 2.79. The number of halogens is 1. The molecule has 1 heterocycles. The lowest BCUT2D eigenvalue weighted by molar-refractivity contribution is 0.0993. The first-order valence-corrected chi connectivity index (χ1v) is 10.7. The molecule has 1 saturated heterocycles. The molecule has 1 aliphatic rings. The van der Waals surface area contributed by atoms with Crippen LogP contribution in [0.3, 0.4) is 0 Å². The number of rotatable bonds is 5. The molecule has 3 aromatic rings. The van der Waals surface area contributed by atoms with Crippen LogP contribution in [0.2, 0.25) is 0 Å². The molecule has 1 amide bonds. The minimum Gasteiger partial charge on any atom is -0.312 e. The fourth-order valence-electron chi connectivity index (χ4n) is 4.02. The summed E-state index contributed by atoms with van der Waals surface area (Å²) in [6.07, 6.45) is 0. The monoisotopic (exact) mass is 417 g/mol. The van der Waals surface area contributed by atoms with E-state index in [1.165, 1.54) is 17.7 Å². The van der Waals surface area contributed by atoms with Crippen LogP contribution in [0, 0.1) is 5.82 Å². The van der Waals surface area contributed by atoms with E-state index in [9.17, 15) is 9.18 Å². The zero-order valence-electron chi connectivity index (χ0n) is 18.0. The molecule has 160 valence electrons. The zero-order chi connectivity index (χ0) is 21.8. The lowest BCUT2D eigenvalue weighted by Crippen LogP contribution is -2.48. The third kappa shape index (κ3) is 5.19. The van der Waals surface area contributed by atoms with Crippen LogP contribution in [0.25, 0.3) is 11.1 Å². The van der Waals surface area contributed by atoms with Gasteiger partial charge in [0.15, 0.2) is 0 Å². The van der Waals surface area contributed by atoms with Crippen molar-refractivity contribution in [3.05, 3.63) is 89.7 Å². The van der Waals surface area contributed by atoms with Crippen molar-refractivity contribution in [3.8, 4) is 11.1 Å². The van der Waals surface area contributed by atoms with Crippen molar-refractivity contribution in [2.75, 3.05) is 31.6 Å². The van der Waals surface area contributed by atoms with Crippen LogP contribution in [0.1, 0.15) is 22.8 Å². The van der Waals surface area contributed by atoms with Crippen LogP contribution in [-0.2, 0) is 6.54 Å². The number of carbonyl (C=O) groups is 1. The fraction of sp³-hybridized carbons (Fsp3) is 0.269. The Morgan fingerprint density at radius 2 is 1.81 bits per heavy atom. The molecule has 1 atom stereocenters. The minimum absolute atomic E-state index is 0.0763. The van der Waals surface area contributed by atoms with Gasteiger partial charge in [-0.1, -0.05) is 36.4 Å². The molecule has 0 saturated carbocycles. The van der Waals surface area contributed by atoms with Crippen molar-refractivity contribution in [1.29, 1.82) is 0 Å². The van der Waals surface area contributed by atoms with Crippen molar-refractivity contribution in [3.63, 3.8) is 0 Å². The maximum atomic E-state index is 13.2. The zero-order valence-corrected chi connectivity index (χ0v) is 18.0. The van der Waals surface area contributed by atoms with E-state index in [4.69, 9.17) is 0 Å². The van der Waals surface area contributed by atoms with Gasteiger partial charge in [-0.25, -0.2) is 4.39 Å². The first-order chi connectivity index (χ1) is 15.0. The molecule has 5 heteroatoms. The lowest BCUT2D eigenvalue weighted by Gasteiger charge is -2.31. The summed E-state index contributed by atoms with van der Waals surface area (Å²) in [5.41, 5.74) is 4.47. The van der Waals surface area contributed by atoms with Crippen molar-refractivity contribution < 1.29 is 9.18 Å². The highest BCUT2D eigenvalue weighted by Crippen LogP contribution is 2.23. The molecule has 0 aliphatic carbocycles. The van der Waals surface area contributed by atoms with Gasteiger partial charge in [0.25, 0.3) is 5.91 Å². The van der Waals surface area contributed by atoms with Gasteiger partial charge >= 0.3 is 0 Å². The van der Waals surface area contributed by atoms with Gasteiger partial charge in [0.05, 0.1) is 0 Å². The Hall–Kier alpha value is -3.02. The Morgan fingerprint density at radius 1 is 1.06 bits per heavy atom. The molecule has 0 spiro atoms. The second-order valence-corrected chi connectivity index (χ2v) is 8.21. The summed E-state index contributed by atoms with van der Waals surface area (Å²) in [6.45, 7) is 6.25. The number of carbonyl (C=O) groups excluding carboxylic acids is 1. The number of anilines is 1. The van der Waals surface area contributed by atoms with Crippen LogP contribution < -0.4 is 10.2 Å². The topological polar surface area (TPSA) is 35.6 Å². The van der Waals surface area contributed by atoms with Gasteiger partial charge in [-0.3, -0.25) is 9.69 Å². The largest absolute Gasteiger partial charge is 0.312 e. The normalized spacial score (nSPS) is 16.8. The SMILES string of the molecule is C[C@H]1CN(Cc2ccc(N(C)C(=O)c3cccc(-c4ccc(F)cc4)c3)cc2)CCN1. The second-order valence-electron chi connectivity index (χ2n) is 8.21. The third-order valence-corrected chi connectivity index (χ3v) is 5.77. The predicted molar refractivity (Wildman–Crippen MR) is 124 cm³/mol. The van der Waals surface area contributed by atoms with E-state index in [-0.39, 0.29) is 11.7 Å². The highest BCUT2D eigenvalue weighted by atomic mass is 19.1. The third-order valence-electron chi connectivity index (χ3n) is 5.77. The van der Waals surface area contributed by atoms with Crippen LogP contribution in [-0.4, -0.2) is 43.5 Å². The Labute approximate surface area is 183 Å². The summed E-state index contributed by atoms with van der Waals surface area (Å²) in [4.78, 5) is 17.2. The van der Waals surface area contributed by atoms with Gasteiger partial charge in [0.1, 0.15) is 5.82 Å². The molecule has 0 aromatic heterocycles. The van der Waals surface area contributed by atoms with Crippen molar-refractivity contribution in [2.24, 2.45) is 0 Å². The van der Waals surface area contributed by atoms with E-state index in [2.05, 4.69) is 29.3 Å². The Kier molecular flexibility index (Phi) is 6.44. The molecule has 0 bridgehead atoms. The van der Waals surface area contributed by atoms with Crippen molar-refractivity contribution >= 4 is 11.6 Å². The molecule has 3 aromatic carbocycles. The maximum Gasteiger partial charge on any atom is 0.258 e. The quantitative estimate of drug-likeness (QED) is 0.661. The van der Waals surface area contributed by atoms with Crippen molar-refractivity contribution in [1.82, 2.24) is 10.2 Å². The second kappa shape index (κ2) is 9.41. The molecule has 1 aliphatic heterocycles. The van der Waals surface area contributed by atoms with Gasteiger partial charge in [0, 0.05) is 50.5 Å². The first kappa shape index (κ1) is 21.2. The number of hydrogen-bond acceptors (Lipinski definition) is 3. The van der Waals surface area contributed by atoms with Gasteiger partial charge < -0.3 is 10.2 Å². The maximum absolute atomic E-state index is 13.2. The Morgan fingerprint density at radius 3 is 2.52 bits per heavy atom. The molecule has 4 rings (SSSR count). The van der Waals surface area contributed by atoms with Crippen LogP contribution in [0.4, 0.5) is 10.1 Å². The lowest BCUT2D eigenvalue weighted by atomic mass is 10.0. The number of nitrogens with zero attached hydrogens (tertiary/aromatic N) is 2. The number of hydrogen-bond donors (Lipinski definition) is 1. The molecular formula is C26H28FN3O. The summed E-state index contributed by atoms with van der Waals surface area (Å²) in [5, 5.41) is 3.46. The minimum atomic E-state index is -0.273. The summed E-state index contributed by atoms with van der Waals surface area (Å²) < 4.78 is 13.2. The smallest absolute Gasteiger partial charge is 0.258 e. The van der Waals surface area contributed by atoms with Gasteiger partial charge in [-0.15, -0.1) is 0 Å². The van der Waals surface area contributed by atoms with Crippen molar-refractivity contribution in [2.45, 2.75) is 19.5 Å². The van der Waals surface area contributed by atoms with Crippen LogP contribution >= 0.6 is 0 Å². The van der Waals surface area contributed by atoms with Crippen LogP contribution in [0.5, 0.6) is 0 Å². The van der Waals surface area contributed by atoms with E-state index < -0.39 is 0 Å². The molecule has 1 N–H and O–H groups in total. The van der Waals surface area contributed by atoms with E-state index >= 15 is 0 Å². The highest BCUT2D eigenvalue weighted by Gasteiger charge is 2.17. The number of nitrogens with one attached hydrogen (secondary N) is 1. The van der Waals surface area contributed by atoms with Gasteiger partial charge in [-0.2, -0.15) is 0 Å². The van der Waals surface area contributed by atoms with E-state index in [0.717, 1.165) is 43.0 Å². The molecular weight excluding hydrogens is 389 g/mol. The van der Waals surface area contributed by atoms with E-state index in [0.29, 0.717) is 11.6 Å². The predicted octanol–water partition coefficient (Wildman–Crippen LogP) is 4.56. The highest BCUT2D eigenvalue weighted by molar-refractivity contribution is 6.06. The summed E-state index contributed by atoms with van der Waals surface area (Å²) >= 11 is 0. The van der Waals surface area contributed by atoms with E-state index in [1.54, 1.807) is 24.1 Å². The van der Waals surface area contributed by atoms with Gasteiger partial charge in [0.2, 0.25) is 0 Å². The summed E-state index contributed by atoms with van der Waals surface area (Å²) in [7, 11) is 1.79. The molecule has 0 unspecified atom stereocenters. The number of benzene rings is 3. The fourth-order valence-corrected chi connectivity index (χ4v) is 4.02. The summed E-state index contributed by atoms with van der Waals surface area (Å²) in [5.74, 6) is -0.349. The summed E-state index contributed by atoms with van der Waals surface area (Å²) in [6, 6.07) is 22.5. The Balaban J connectivity index is 1.45. The van der Waals surface area contributed by atoms with Crippen LogP contribution in [0.15, 0.2) is 72.8 Å². The Bertz CT molecular complexity index is 1030. The standard InChI is InChI=1S/C26H28FN3O/c1-19-17-30(15-14-28-19)18-20-6-12-25(13-7-20)29(2)26(31)23-5-3-4-22(16-23)21-8-10-24(27)11-9-21/h3-13,16,19,28H,14-15,17-18H2,1-2H3/t19-/m0/s1. The number of piperazine rings is 1. The van der Waals surface area contributed by atoms with E-state index in [1.807, 2.05) is 36.4 Å². The first-order valence-electron chi connectivity index (χ1n) is 10.7. The molecule has 1 fully saturated rings. The average molecular weight is 418 g/mol.